The zero-order valence-electron chi connectivity index (χ0n) is 21.4. The molecule has 214 valence electrons. The predicted molar refractivity (Wildman–Crippen MR) is 131 cm³/mol. The van der Waals surface area contributed by atoms with Crippen LogP contribution in [0.5, 0.6) is 0 Å². The quantitative estimate of drug-likeness (QED) is 0.399. The first-order valence-electron chi connectivity index (χ1n) is 11.7. The van der Waals surface area contributed by atoms with Crippen molar-refractivity contribution in [2.75, 3.05) is 19.6 Å². The molecule has 0 saturated carbocycles. The van der Waals surface area contributed by atoms with Crippen LogP contribution in [0.15, 0.2) is 41.2 Å². The summed E-state index contributed by atoms with van der Waals surface area (Å²) in [6.07, 6.45) is -9.85. The van der Waals surface area contributed by atoms with E-state index in [1.165, 1.54) is 10.6 Å². The van der Waals surface area contributed by atoms with Crippen molar-refractivity contribution < 1.29 is 41.0 Å². The topological polar surface area (TPSA) is 111 Å². The molecule has 0 bridgehead atoms. The van der Waals surface area contributed by atoms with Gasteiger partial charge in [0.25, 0.3) is 0 Å². The maximum absolute atomic E-state index is 14.0. The number of carbonyl (C=O) groups is 2. The highest BCUT2D eigenvalue weighted by atomic mass is 19.4. The molecule has 0 unspecified atom stereocenters. The molecule has 0 radical (unpaired) electrons. The second-order valence-electron chi connectivity index (χ2n) is 8.53. The van der Waals surface area contributed by atoms with Crippen LogP contribution in [-0.4, -0.2) is 56.8 Å². The molecule has 1 amide bonds. The number of rotatable bonds is 8. The van der Waals surface area contributed by atoms with Crippen LogP contribution in [-0.2, 0) is 24.1 Å². The van der Waals surface area contributed by atoms with Gasteiger partial charge in [-0.05, 0) is 43.3 Å². The van der Waals surface area contributed by atoms with E-state index < -0.39 is 35.5 Å². The third kappa shape index (κ3) is 7.62. The van der Waals surface area contributed by atoms with Gasteiger partial charge in [-0.25, -0.2) is 9.59 Å². The number of nitrogens with two attached hydrogens (primary N) is 1. The van der Waals surface area contributed by atoms with Gasteiger partial charge in [0.15, 0.2) is 0 Å². The summed E-state index contributed by atoms with van der Waals surface area (Å²) in [7, 11) is 0. The number of likely N-dealkylation sites (N-methyl/N-ethyl adjacent to an activating group) is 1. The first kappa shape index (κ1) is 31.4. The number of benzene rings is 2. The van der Waals surface area contributed by atoms with Crippen molar-refractivity contribution >= 4 is 22.9 Å². The fourth-order valence-corrected chi connectivity index (χ4v) is 3.91. The smallest absolute Gasteiger partial charge is 0.475 e. The van der Waals surface area contributed by atoms with Gasteiger partial charge in [-0.2, -0.15) is 26.3 Å². The van der Waals surface area contributed by atoms with Crippen LogP contribution >= 0.6 is 0 Å². The molecule has 0 aliphatic rings. The molecule has 0 saturated heterocycles. The Bertz CT molecular complexity index is 1390. The fourth-order valence-electron chi connectivity index (χ4n) is 3.91. The van der Waals surface area contributed by atoms with Crippen LogP contribution in [0.3, 0.4) is 0 Å². The van der Waals surface area contributed by atoms with Gasteiger partial charge in [0, 0.05) is 18.7 Å². The standard InChI is InChI=1S/C23H27F3N4O2.C2HF3O2/c1-4-28(5-2)10-11-29-19-13-17(21(27)31)12-18(23(24,25)26)20(19)30(22(29)32)14-16-9-7-6-8-15(16)3;3-2(4,5)1(6)7/h6-9,12-13H,4-5,10-11,14H2,1-3H3,(H2,27,31);(H,6,7). The first-order chi connectivity index (χ1) is 18.0. The SMILES string of the molecule is CCN(CC)CCn1c(=O)n(Cc2ccccc2C)c2c(C(F)(F)F)cc(C(N)=O)cc21.O=C(O)C(F)(F)F. The van der Waals surface area contributed by atoms with Crippen LogP contribution in [0.2, 0.25) is 0 Å². The number of primary amides is 1. The Hall–Kier alpha value is -3.81. The number of imidazole rings is 1. The second kappa shape index (κ2) is 12.4. The van der Waals surface area contributed by atoms with Gasteiger partial charge in [0.1, 0.15) is 0 Å². The van der Waals surface area contributed by atoms with Crippen molar-refractivity contribution in [1.29, 1.82) is 0 Å². The zero-order valence-corrected chi connectivity index (χ0v) is 21.4. The molecule has 1 heterocycles. The fraction of sp³-hybridized carbons (Fsp3) is 0.400. The Labute approximate surface area is 219 Å². The van der Waals surface area contributed by atoms with Gasteiger partial charge in [-0.1, -0.05) is 38.1 Å². The minimum Gasteiger partial charge on any atom is -0.475 e. The number of aromatic nitrogens is 2. The summed E-state index contributed by atoms with van der Waals surface area (Å²) in [4.78, 5) is 36.1. The molecule has 3 N–H and O–H groups in total. The summed E-state index contributed by atoms with van der Waals surface area (Å²) < 4.78 is 76.3. The van der Waals surface area contributed by atoms with Crippen molar-refractivity contribution in [2.45, 2.75) is 46.2 Å². The highest BCUT2D eigenvalue weighted by Crippen LogP contribution is 2.36. The molecule has 0 fully saturated rings. The molecule has 14 heteroatoms. The summed E-state index contributed by atoms with van der Waals surface area (Å²) >= 11 is 0. The van der Waals surface area contributed by atoms with Gasteiger partial charge < -0.3 is 15.7 Å². The Morgan fingerprint density at radius 3 is 2.03 bits per heavy atom. The third-order valence-corrected chi connectivity index (χ3v) is 6.07. The van der Waals surface area contributed by atoms with Gasteiger partial charge in [0.05, 0.1) is 23.1 Å². The molecular formula is C25H28F6N4O4. The van der Waals surface area contributed by atoms with Crippen molar-refractivity contribution in [3.05, 3.63) is 69.1 Å². The molecule has 3 aromatic rings. The number of halogens is 6. The summed E-state index contributed by atoms with van der Waals surface area (Å²) in [5, 5.41) is 7.12. The molecule has 0 aliphatic heterocycles. The number of hydrogen-bond donors (Lipinski definition) is 2. The highest BCUT2D eigenvalue weighted by molar-refractivity contribution is 5.97. The number of aryl methyl sites for hydroxylation is 1. The Morgan fingerprint density at radius 2 is 1.56 bits per heavy atom. The highest BCUT2D eigenvalue weighted by Gasteiger charge is 2.38. The molecular weight excluding hydrogens is 534 g/mol. The molecule has 3 rings (SSSR count). The van der Waals surface area contributed by atoms with E-state index in [0.717, 1.165) is 34.8 Å². The lowest BCUT2D eigenvalue weighted by molar-refractivity contribution is -0.192. The zero-order chi connectivity index (χ0) is 29.7. The van der Waals surface area contributed by atoms with Crippen LogP contribution in [0.1, 0.15) is 40.9 Å². The lowest BCUT2D eigenvalue weighted by atomic mass is 10.1. The van der Waals surface area contributed by atoms with Crippen molar-refractivity contribution in [3.8, 4) is 0 Å². The van der Waals surface area contributed by atoms with Crippen LogP contribution in [0, 0.1) is 6.92 Å². The Balaban J connectivity index is 0.000000673. The van der Waals surface area contributed by atoms with Gasteiger partial charge in [0.2, 0.25) is 5.91 Å². The average Bonchev–Trinajstić information content (AvgIpc) is 3.10. The minimum atomic E-state index is -5.08. The summed E-state index contributed by atoms with van der Waals surface area (Å²) in [5.41, 5.74) is 4.85. The number of carbonyl (C=O) groups excluding carboxylic acids is 1. The molecule has 8 nitrogen and oxygen atoms in total. The largest absolute Gasteiger partial charge is 0.490 e. The number of alkyl halides is 6. The average molecular weight is 563 g/mol. The number of fused-ring (bicyclic) bond motifs is 1. The maximum atomic E-state index is 14.0. The maximum Gasteiger partial charge on any atom is 0.490 e. The molecule has 1 aromatic heterocycles. The molecule has 0 aliphatic carbocycles. The van der Waals surface area contributed by atoms with E-state index in [1.807, 2.05) is 32.9 Å². The summed E-state index contributed by atoms with van der Waals surface area (Å²) in [6.45, 7) is 7.94. The van der Waals surface area contributed by atoms with Crippen molar-refractivity contribution in [1.82, 2.24) is 14.0 Å². The van der Waals surface area contributed by atoms with E-state index >= 15 is 0 Å². The monoisotopic (exact) mass is 562 g/mol. The van der Waals surface area contributed by atoms with Crippen molar-refractivity contribution in [3.63, 3.8) is 0 Å². The van der Waals surface area contributed by atoms with Gasteiger partial charge in [-0.15, -0.1) is 0 Å². The van der Waals surface area contributed by atoms with Crippen LogP contribution < -0.4 is 11.4 Å². The van der Waals surface area contributed by atoms with E-state index in [0.29, 0.717) is 6.54 Å². The number of amides is 1. The van der Waals surface area contributed by atoms with Crippen LogP contribution in [0.25, 0.3) is 11.0 Å². The number of aliphatic carboxylic acids is 1. The number of nitrogens with zero attached hydrogens (tertiary/aromatic N) is 3. The van der Waals surface area contributed by atoms with Crippen molar-refractivity contribution in [2.24, 2.45) is 5.73 Å². The van der Waals surface area contributed by atoms with E-state index in [4.69, 9.17) is 15.6 Å². The molecule has 2 aromatic carbocycles. The number of carboxylic acids is 1. The minimum absolute atomic E-state index is 0.0146. The molecule has 0 atom stereocenters. The number of hydrogen-bond acceptors (Lipinski definition) is 4. The van der Waals surface area contributed by atoms with E-state index in [1.54, 1.807) is 12.1 Å². The van der Waals surface area contributed by atoms with Crippen LogP contribution in [0.4, 0.5) is 26.3 Å². The van der Waals surface area contributed by atoms with E-state index in [9.17, 15) is 35.9 Å². The summed E-state index contributed by atoms with van der Waals surface area (Å²) in [6, 6.07) is 9.25. The van der Waals surface area contributed by atoms with E-state index in [-0.39, 0.29) is 29.7 Å². The Morgan fingerprint density at radius 1 is 1.00 bits per heavy atom. The summed E-state index contributed by atoms with van der Waals surface area (Å²) in [5.74, 6) is -3.74. The second-order valence-corrected chi connectivity index (χ2v) is 8.53. The predicted octanol–water partition coefficient (Wildman–Crippen LogP) is 4.25. The lowest BCUT2D eigenvalue weighted by Gasteiger charge is -2.18. The number of carboxylic acid groups (broad SMARTS) is 1. The van der Waals surface area contributed by atoms with Gasteiger partial charge in [-0.3, -0.25) is 13.9 Å². The normalized spacial score (nSPS) is 11.9. The van der Waals surface area contributed by atoms with Gasteiger partial charge >= 0.3 is 24.0 Å². The lowest BCUT2D eigenvalue weighted by Crippen LogP contribution is -2.32. The Kier molecular flexibility index (Phi) is 9.96. The first-order valence-corrected chi connectivity index (χ1v) is 11.7. The molecule has 39 heavy (non-hydrogen) atoms. The molecule has 0 spiro atoms. The van der Waals surface area contributed by atoms with E-state index in [2.05, 4.69) is 4.90 Å². The third-order valence-electron chi connectivity index (χ3n) is 6.07.